The van der Waals surface area contributed by atoms with E-state index in [1.165, 1.54) is 18.0 Å². The third-order valence-electron chi connectivity index (χ3n) is 1.74. The van der Waals surface area contributed by atoms with E-state index in [1.54, 1.807) is 18.3 Å². The number of hydrogen-bond acceptors (Lipinski definition) is 5. The Kier molecular flexibility index (Phi) is 3.94. The van der Waals surface area contributed by atoms with Crippen molar-refractivity contribution < 1.29 is 4.79 Å². The zero-order chi connectivity index (χ0) is 12.1. The van der Waals surface area contributed by atoms with Gasteiger partial charge in [0.15, 0.2) is 0 Å². The average Bonchev–Trinajstić information content (AvgIpc) is 2.83. The molecule has 0 aliphatic carbocycles. The maximum absolute atomic E-state index is 11.5. The van der Waals surface area contributed by atoms with Gasteiger partial charge in [-0.05, 0) is 12.1 Å². The monoisotopic (exact) mass is 269 g/mol. The minimum Gasteiger partial charge on any atom is -0.310 e. The standard InChI is InChI=1S/C9H8ClN5OS/c10-6-1-2-7(11-3-6)13-8(16)5-17-9-4-12-15-14-9/h1-4H,5H2,(H,11,13,16)(H,12,14,15). The smallest absolute Gasteiger partial charge is 0.235 e. The van der Waals surface area contributed by atoms with Crippen molar-refractivity contribution in [2.75, 3.05) is 11.1 Å². The van der Waals surface area contributed by atoms with Crippen LogP contribution in [0.5, 0.6) is 0 Å². The summed E-state index contributed by atoms with van der Waals surface area (Å²) in [5.74, 6) is 0.560. The Hall–Kier alpha value is -1.60. The first-order chi connectivity index (χ1) is 8.24. The Balaban J connectivity index is 1.83. The van der Waals surface area contributed by atoms with E-state index in [2.05, 4.69) is 25.7 Å². The number of aromatic amines is 1. The van der Waals surface area contributed by atoms with E-state index < -0.39 is 0 Å². The molecule has 0 saturated carbocycles. The van der Waals surface area contributed by atoms with Gasteiger partial charge >= 0.3 is 0 Å². The summed E-state index contributed by atoms with van der Waals surface area (Å²) in [5, 5.41) is 13.8. The second-order valence-electron chi connectivity index (χ2n) is 3.01. The highest BCUT2D eigenvalue weighted by Gasteiger charge is 2.05. The number of nitrogens with zero attached hydrogens (tertiary/aromatic N) is 3. The van der Waals surface area contributed by atoms with Crippen molar-refractivity contribution in [3.8, 4) is 0 Å². The molecule has 6 nitrogen and oxygen atoms in total. The summed E-state index contributed by atoms with van der Waals surface area (Å²) >= 11 is 6.97. The Labute approximate surface area is 106 Å². The average molecular weight is 270 g/mol. The third-order valence-corrected chi connectivity index (χ3v) is 2.86. The van der Waals surface area contributed by atoms with Gasteiger partial charge in [0.05, 0.1) is 17.0 Å². The Morgan fingerprint density at radius 1 is 1.47 bits per heavy atom. The van der Waals surface area contributed by atoms with Gasteiger partial charge in [-0.1, -0.05) is 23.4 Å². The molecule has 0 spiro atoms. The van der Waals surface area contributed by atoms with E-state index >= 15 is 0 Å². The van der Waals surface area contributed by atoms with Crippen LogP contribution in [-0.4, -0.2) is 32.1 Å². The molecule has 0 aromatic carbocycles. The molecule has 0 radical (unpaired) electrons. The van der Waals surface area contributed by atoms with Gasteiger partial charge in [-0.3, -0.25) is 4.79 Å². The van der Waals surface area contributed by atoms with E-state index in [0.717, 1.165) is 0 Å². The molecule has 0 fully saturated rings. The molecule has 0 unspecified atom stereocenters. The van der Waals surface area contributed by atoms with E-state index in [9.17, 15) is 4.79 Å². The topological polar surface area (TPSA) is 83.6 Å². The Morgan fingerprint density at radius 2 is 2.35 bits per heavy atom. The molecule has 2 N–H and O–H groups in total. The molecule has 0 atom stereocenters. The third kappa shape index (κ3) is 3.72. The number of thioether (sulfide) groups is 1. The molecule has 0 saturated heterocycles. The quantitative estimate of drug-likeness (QED) is 0.824. The van der Waals surface area contributed by atoms with Crippen LogP contribution in [0.1, 0.15) is 0 Å². The van der Waals surface area contributed by atoms with Gasteiger partial charge in [0.1, 0.15) is 10.8 Å². The van der Waals surface area contributed by atoms with Gasteiger partial charge in [-0.15, -0.1) is 5.10 Å². The molecule has 2 rings (SSSR count). The summed E-state index contributed by atoms with van der Waals surface area (Å²) in [5.41, 5.74) is 0. The lowest BCUT2D eigenvalue weighted by molar-refractivity contribution is -0.113. The normalized spacial score (nSPS) is 10.2. The molecule has 8 heteroatoms. The molecule has 2 aromatic rings. The molecule has 17 heavy (non-hydrogen) atoms. The molecular formula is C9H8ClN5OS. The van der Waals surface area contributed by atoms with Crippen molar-refractivity contribution in [3.05, 3.63) is 29.5 Å². The van der Waals surface area contributed by atoms with Gasteiger partial charge in [0.2, 0.25) is 5.91 Å². The van der Waals surface area contributed by atoms with Crippen LogP contribution in [0.4, 0.5) is 5.82 Å². The second kappa shape index (κ2) is 5.65. The summed E-state index contributed by atoms with van der Waals surface area (Å²) < 4.78 is 0. The largest absolute Gasteiger partial charge is 0.310 e. The number of pyridine rings is 1. The van der Waals surface area contributed by atoms with E-state index in [0.29, 0.717) is 15.9 Å². The number of aromatic nitrogens is 4. The highest BCUT2D eigenvalue weighted by atomic mass is 35.5. The first-order valence-corrected chi connectivity index (χ1v) is 6.00. The molecule has 2 aromatic heterocycles. The van der Waals surface area contributed by atoms with Crippen molar-refractivity contribution in [2.24, 2.45) is 0 Å². The molecule has 88 valence electrons. The van der Waals surface area contributed by atoms with Gasteiger partial charge < -0.3 is 5.32 Å². The SMILES string of the molecule is O=C(CSc1cn[nH]n1)Nc1ccc(Cl)cn1. The van der Waals surface area contributed by atoms with Crippen LogP contribution in [0.15, 0.2) is 29.6 Å². The molecule has 0 aliphatic heterocycles. The number of nitrogens with one attached hydrogen (secondary N) is 2. The van der Waals surface area contributed by atoms with Gasteiger partial charge in [0, 0.05) is 6.20 Å². The number of anilines is 1. The number of amides is 1. The number of H-pyrrole nitrogens is 1. The zero-order valence-electron chi connectivity index (χ0n) is 8.55. The second-order valence-corrected chi connectivity index (χ2v) is 4.44. The van der Waals surface area contributed by atoms with Crippen molar-refractivity contribution >= 4 is 35.1 Å². The first-order valence-electron chi connectivity index (χ1n) is 4.64. The van der Waals surface area contributed by atoms with Crippen LogP contribution >= 0.6 is 23.4 Å². The summed E-state index contributed by atoms with van der Waals surface area (Å²) in [6, 6.07) is 3.30. The Morgan fingerprint density at radius 3 is 3.00 bits per heavy atom. The van der Waals surface area contributed by atoms with Gasteiger partial charge in [-0.25, -0.2) is 4.98 Å². The highest BCUT2D eigenvalue weighted by molar-refractivity contribution is 7.99. The molecule has 0 aliphatic rings. The van der Waals surface area contributed by atoms with Crippen molar-refractivity contribution in [3.63, 3.8) is 0 Å². The summed E-state index contributed by atoms with van der Waals surface area (Å²) in [4.78, 5) is 15.5. The maximum atomic E-state index is 11.5. The minimum absolute atomic E-state index is 0.159. The van der Waals surface area contributed by atoms with Crippen LogP contribution in [-0.2, 0) is 4.79 Å². The number of rotatable bonds is 4. The number of carbonyl (C=O) groups excluding carboxylic acids is 1. The lowest BCUT2D eigenvalue weighted by Crippen LogP contribution is -2.14. The summed E-state index contributed by atoms with van der Waals surface area (Å²) in [6.07, 6.45) is 3.03. The fraction of sp³-hybridized carbons (Fsp3) is 0.111. The first kappa shape index (κ1) is 11.9. The number of carbonyl (C=O) groups is 1. The fourth-order valence-electron chi connectivity index (χ4n) is 1.03. The van der Waals surface area contributed by atoms with Gasteiger partial charge in [-0.2, -0.15) is 10.3 Å². The summed E-state index contributed by atoms with van der Waals surface area (Å²) in [6.45, 7) is 0. The number of halogens is 1. The molecular weight excluding hydrogens is 262 g/mol. The zero-order valence-corrected chi connectivity index (χ0v) is 10.1. The lowest BCUT2D eigenvalue weighted by Gasteiger charge is -2.02. The van der Waals surface area contributed by atoms with Crippen LogP contribution in [0.2, 0.25) is 5.02 Å². The fourth-order valence-corrected chi connectivity index (χ4v) is 1.72. The van der Waals surface area contributed by atoms with Crippen LogP contribution in [0, 0.1) is 0 Å². The predicted octanol–water partition coefficient (Wildman–Crippen LogP) is 1.58. The highest BCUT2D eigenvalue weighted by Crippen LogP contribution is 2.13. The van der Waals surface area contributed by atoms with Gasteiger partial charge in [0.25, 0.3) is 0 Å². The predicted molar refractivity (Wildman–Crippen MR) is 65.0 cm³/mol. The minimum atomic E-state index is -0.159. The van der Waals surface area contributed by atoms with Crippen LogP contribution in [0.25, 0.3) is 0 Å². The van der Waals surface area contributed by atoms with Crippen molar-refractivity contribution in [1.82, 2.24) is 20.4 Å². The number of hydrogen-bond donors (Lipinski definition) is 2. The van der Waals surface area contributed by atoms with Crippen LogP contribution in [0.3, 0.4) is 0 Å². The molecule has 1 amide bonds. The van der Waals surface area contributed by atoms with Crippen molar-refractivity contribution in [1.29, 1.82) is 0 Å². The van der Waals surface area contributed by atoms with E-state index in [1.807, 2.05) is 0 Å². The lowest BCUT2D eigenvalue weighted by atomic mass is 10.4. The van der Waals surface area contributed by atoms with Crippen molar-refractivity contribution in [2.45, 2.75) is 5.03 Å². The van der Waals surface area contributed by atoms with Crippen LogP contribution < -0.4 is 5.32 Å². The maximum Gasteiger partial charge on any atom is 0.235 e. The van der Waals surface area contributed by atoms with E-state index in [4.69, 9.17) is 11.6 Å². The Bertz CT molecular complexity index is 487. The van der Waals surface area contributed by atoms with E-state index in [-0.39, 0.29) is 11.7 Å². The summed E-state index contributed by atoms with van der Waals surface area (Å²) in [7, 11) is 0. The molecule has 0 bridgehead atoms. The molecule has 2 heterocycles.